The monoisotopic (exact) mass is 362 g/mol. The molecule has 0 saturated heterocycles. The molecule has 3 aromatic carbocycles. The van der Waals surface area contributed by atoms with Crippen LogP contribution in [0.4, 0.5) is 0 Å². The van der Waals surface area contributed by atoms with E-state index in [0.717, 1.165) is 6.42 Å². The SMILES string of the molecule is OB(O)OOCCCC(c1ccccc1)(c1ccccc1)c1ccccc1. The Hall–Kier alpha value is -2.44. The van der Waals surface area contributed by atoms with Gasteiger partial charge < -0.3 is 10.0 Å². The van der Waals surface area contributed by atoms with Crippen LogP contribution in [0.15, 0.2) is 91.0 Å². The third kappa shape index (κ3) is 4.65. The topological polar surface area (TPSA) is 58.9 Å². The smallest absolute Gasteiger partial charge is 0.400 e. The third-order valence-electron chi connectivity index (χ3n) is 4.73. The predicted molar refractivity (Wildman–Crippen MR) is 106 cm³/mol. The molecule has 27 heavy (non-hydrogen) atoms. The van der Waals surface area contributed by atoms with Crippen molar-refractivity contribution in [3.05, 3.63) is 108 Å². The zero-order chi connectivity index (χ0) is 19.0. The highest BCUT2D eigenvalue weighted by Gasteiger charge is 2.35. The summed E-state index contributed by atoms with van der Waals surface area (Å²) in [5.41, 5.74) is 3.26. The van der Waals surface area contributed by atoms with Crippen LogP contribution in [0.5, 0.6) is 0 Å². The molecule has 2 N–H and O–H groups in total. The van der Waals surface area contributed by atoms with Gasteiger partial charge in [0.15, 0.2) is 0 Å². The summed E-state index contributed by atoms with van der Waals surface area (Å²) in [5, 5.41) is 17.5. The van der Waals surface area contributed by atoms with Gasteiger partial charge in [-0.3, -0.25) is 0 Å². The summed E-state index contributed by atoms with van der Waals surface area (Å²) in [6.07, 6.45) is 1.45. The fourth-order valence-electron chi connectivity index (χ4n) is 3.61. The standard InChI is InChI=1S/C22H23BO4/c24-23(25)27-26-18-10-17-22(19-11-4-1-5-12-19,20-13-6-2-7-14-20)21-15-8-3-9-16-21/h1-9,11-16,24-25H,10,17-18H2. The van der Waals surface area contributed by atoms with E-state index in [1.165, 1.54) is 16.7 Å². The molecule has 0 amide bonds. The Balaban J connectivity index is 2.01. The molecule has 3 rings (SSSR count). The van der Waals surface area contributed by atoms with E-state index >= 15 is 0 Å². The molecule has 0 unspecified atom stereocenters. The molecule has 0 saturated carbocycles. The fraction of sp³-hybridized carbons (Fsp3) is 0.182. The van der Waals surface area contributed by atoms with E-state index in [1.807, 2.05) is 18.2 Å². The highest BCUT2D eigenvalue weighted by Crippen LogP contribution is 2.42. The molecule has 3 aromatic rings. The van der Waals surface area contributed by atoms with Crippen molar-refractivity contribution in [2.24, 2.45) is 0 Å². The predicted octanol–water partition coefficient (Wildman–Crippen LogP) is 3.72. The van der Waals surface area contributed by atoms with Crippen molar-refractivity contribution >= 4 is 7.32 Å². The summed E-state index contributed by atoms with van der Waals surface area (Å²) < 4.78 is 0. The Kier molecular flexibility index (Phi) is 6.79. The van der Waals surface area contributed by atoms with Gasteiger partial charge >= 0.3 is 7.32 Å². The van der Waals surface area contributed by atoms with Crippen LogP contribution in [-0.4, -0.2) is 24.0 Å². The molecule has 0 radical (unpaired) electrons. The minimum atomic E-state index is -1.92. The Morgan fingerprint density at radius 3 is 1.44 bits per heavy atom. The number of benzene rings is 3. The van der Waals surface area contributed by atoms with Gasteiger partial charge in [0.1, 0.15) is 0 Å². The Morgan fingerprint density at radius 2 is 1.07 bits per heavy atom. The second-order valence-corrected chi connectivity index (χ2v) is 6.35. The summed E-state index contributed by atoms with van der Waals surface area (Å²) in [4.78, 5) is 9.28. The summed E-state index contributed by atoms with van der Waals surface area (Å²) >= 11 is 0. The third-order valence-corrected chi connectivity index (χ3v) is 4.73. The van der Waals surface area contributed by atoms with Crippen LogP contribution in [0.2, 0.25) is 0 Å². The van der Waals surface area contributed by atoms with Crippen molar-refractivity contribution in [3.8, 4) is 0 Å². The normalized spacial score (nSPS) is 11.3. The van der Waals surface area contributed by atoms with Crippen LogP contribution >= 0.6 is 0 Å². The minimum Gasteiger partial charge on any atom is -0.400 e. The zero-order valence-corrected chi connectivity index (χ0v) is 15.1. The second-order valence-electron chi connectivity index (χ2n) is 6.35. The first-order valence-electron chi connectivity index (χ1n) is 9.04. The van der Waals surface area contributed by atoms with Gasteiger partial charge in [-0.1, -0.05) is 91.0 Å². The highest BCUT2D eigenvalue weighted by atomic mass is 17.2. The molecule has 0 aliphatic rings. The van der Waals surface area contributed by atoms with E-state index < -0.39 is 7.32 Å². The lowest BCUT2D eigenvalue weighted by Crippen LogP contribution is -2.30. The van der Waals surface area contributed by atoms with Crippen LogP contribution in [0, 0.1) is 0 Å². The Bertz CT molecular complexity index is 698. The summed E-state index contributed by atoms with van der Waals surface area (Å²) in [6.45, 7) is 0.256. The first kappa shape index (κ1) is 19.3. The fourth-order valence-corrected chi connectivity index (χ4v) is 3.61. The van der Waals surface area contributed by atoms with Crippen molar-refractivity contribution < 1.29 is 19.7 Å². The van der Waals surface area contributed by atoms with Gasteiger partial charge in [-0.05, 0) is 29.5 Å². The maximum Gasteiger partial charge on any atom is 0.662 e. The average Bonchev–Trinajstić information content (AvgIpc) is 2.73. The number of rotatable bonds is 9. The summed E-state index contributed by atoms with van der Waals surface area (Å²) in [6, 6.07) is 31.3. The lowest BCUT2D eigenvalue weighted by Gasteiger charge is -2.36. The average molecular weight is 362 g/mol. The van der Waals surface area contributed by atoms with Crippen LogP contribution in [0.25, 0.3) is 0 Å². The summed E-state index contributed by atoms with van der Waals surface area (Å²) in [7, 11) is -1.92. The van der Waals surface area contributed by atoms with Crippen molar-refractivity contribution in [3.63, 3.8) is 0 Å². The largest absolute Gasteiger partial charge is 0.662 e. The maximum atomic E-state index is 8.75. The minimum absolute atomic E-state index is 0.256. The van der Waals surface area contributed by atoms with Crippen LogP contribution in [0.1, 0.15) is 29.5 Å². The van der Waals surface area contributed by atoms with Crippen LogP contribution in [0.3, 0.4) is 0 Å². The molecule has 4 nitrogen and oxygen atoms in total. The Labute approximate surface area is 160 Å². The van der Waals surface area contributed by atoms with Crippen LogP contribution in [-0.2, 0) is 15.1 Å². The van der Waals surface area contributed by atoms with Crippen molar-refractivity contribution in [1.82, 2.24) is 0 Å². The van der Waals surface area contributed by atoms with E-state index in [4.69, 9.17) is 14.9 Å². The van der Waals surface area contributed by atoms with Crippen molar-refractivity contribution in [1.29, 1.82) is 0 Å². The molecular weight excluding hydrogens is 339 g/mol. The van der Waals surface area contributed by atoms with Gasteiger partial charge in [0.2, 0.25) is 0 Å². The first-order chi connectivity index (χ1) is 13.2. The molecule has 0 bridgehead atoms. The van der Waals surface area contributed by atoms with Gasteiger partial charge in [-0.15, -0.1) is 0 Å². The molecule has 0 heterocycles. The van der Waals surface area contributed by atoms with Crippen molar-refractivity contribution in [2.75, 3.05) is 6.61 Å². The first-order valence-corrected chi connectivity index (χ1v) is 9.04. The van der Waals surface area contributed by atoms with Gasteiger partial charge in [-0.25, -0.2) is 9.69 Å². The van der Waals surface area contributed by atoms with E-state index in [1.54, 1.807) is 0 Å². The molecule has 138 valence electrons. The van der Waals surface area contributed by atoms with Gasteiger partial charge in [0.25, 0.3) is 0 Å². The lowest BCUT2D eigenvalue weighted by atomic mass is 9.67. The van der Waals surface area contributed by atoms with E-state index in [-0.39, 0.29) is 12.0 Å². The highest BCUT2D eigenvalue weighted by molar-refractivity contribution is 6.32. The molecule has 0 atom stereocenters. The van der Waals surface area contributed by atoms with E-state index in [9.17, 15) is 0 Å². The van der Waals surface area contributed by atoms with Crippen molar-refractivity contribution in [2.45, 2.75) is 18.3 Å². The molecule has 0 aliphatic heterocycles. The van der Waals surface area contributed by atoms with Crippen LogP contribution < -0.4 is 0 Å². The van der Waals surface area contributed by atoms with Gasteiger partial charge in [0, 0.05) is 5.41 Å². The maximum absolute atomic E-state index is 8.75. The molecule has 0 spiro atoms. The molecular formula is C22H23BO4. The zero-order valence-electron chi connectivity index (χ0n) is 15.1. The number of hydrogen-bond donors (Lipinski definition) is 2. The summed E-state index contributed by atoms with van der Waals surface area (Å²) in [5.74, 6) is 0. The Morgan fingerprint density at radius 1 is 0.667 bits per heavy atom. The van der Waals surface area contributed by atoms with Gasteiger partial charge in [0.05, 0.1) is 6.61 Å². The molecule has 0 aromatic heterocycles. The second kappa shape index (κ2) is 9.49. The molecule has 0 aliphatic carbocycles. The lowest BCUT2D eigenvalue weighted by molar-refractivity contribution is -0.235. The quantitative estimate of drug-likeness (QED) is 0.200. The molecule has 0 fully saturated rings. The number of hydrogen-bond acceptors (Lipinski definition) is 4. The van der Waals surface area contributed by atoms with E-state index in [2.05, 4.69) is 77.6 Å². The van der Waals surface area contributed by atoms with E-state index in [0.29, 0.717) is 6.42 Å². The van der Waals surface area contributed by atoms with Gasteiger partial charge in [-0.2, -0.15) is 0 Å². The molecule has 5 heteroatoms.